The molecule has 2 atom stereocenters. The van der Waals surface area contributed by atoms with Crippen LogP contribution in [0.4, 0.5) is 0 Å². The van der Waals surface area contributed by atoms with E-state index in [4.69, 9.17) is 30.9 Å². The lowest BCUT2D eigenvalue weighted by Crippen LogP contribution is -2.13. The molecular formula is C31H31ClO9S2. The highest BCUT2D eigenvalue weighted by molar-refractivity contribution is 7.21. The van der Waals surface area contributed by atoms with Gasteiger partial charge in [-0.15, -0.1) is 22.7 Å². The molecule has 0 radical (unpaired) electrons. The first-order valence-corrected chi connectivity index (χ1v) is 15.5. The van der Waals surface area contributed by atoms with Crippen LogP contribution >= 0.6 is 34.3 Å². The summed E-state index contributed by atoms with van der Waals surface area (Å²) in [7, 11) is 1.51. The fourth-order valence-corrected chi connectivity index (χ4v) is 6.68. The third kappa shape index (κ3) is 7.46. The molecular weight excluding hydrogens is 616 g/mol. The largest absolute Gasteiger partial charge is 0.504 e. The molecule has 2 heterocycles. The van der Waals surface area contributed by atoms with Crippen molar-refractivity contribution in [1.82, 2.24) is 0 Å². The maximum Gasteiger partial charge on any atom is 0.306 e. The lowest BCUT2D eigenvalue weighted by Gasteiger charge is -2.13. The molecule has 4 rings (SSSR count). The van der Waals surface area contributed by atoms with Gasteiger partial charge in [-0.3, -0.25) is 19.2 Å². The number of ether oxygens (including phenoxy) is 3. The molecule has 0 spiro atoms. The molecule has 12 heteroatoms. The summed E-state index contributed by atoms with van der Waals surface area (Å²) in [5, 5.41) is 21.2. The molecule has 0 aliphatic rings. The van der Waals surface area contributed by atoms with E-state index in [-0.39, 0.29) is 65.8 Å². The number of benzene rings is 2. The van der Waals surface area contributed by atoms with Crippen LogP contribution in [0.2, 0.25) is 5.02 Å². The first-order chi connectivity index (χ1) is 20.4. The van der Waals surface area contributed by atoms with Crippen molar-refractivity contribution >= 4 is 77.8 Å². The number of methoxy groups -OCH3 is 1. The maximum absolute atomic E-state index is 12.6. The standard InChI is InChI=1S/C31H31ClO9S2/c1-15(17(3)33)8-20(34)28-12-19-26(43-28)13-22(36)30(29(19)32)41-7-5-6-40-24-10-18-11-27(21(35)9-16(2)31(37)38)42-25(18)14-23(24)39-4/h10-16,36H,5-9H2,1-4H3,(H,37,38)/t15-,16-/m0/s1. The van der Waals surface area contributed by atoms with E-state index in [1.807, 2.05) is 0 Å². The van der Waals surface area contributed by atoms with Crippen molar-refractivity contribution < 1.29 is 43.6 Å². The van der Waals surface area contributed by atoms with Crippen LogP contribution in [-0.4, -0.2) is 53.9 Å². The Balaban J connectivity index is 1.38. The third-order valence-electron chi connectivity index (χ3n) is 6.94. The number of carbonyl (C=O) groups is 4. The number of hydrogen-bond donors (Lipinski definition) is 2. The Morgan fingerprint density at radius 1 is 0.860 bits per heavy atom. The Labute approximate surface area is 260 Å². The molecule has 0 unspecified atom stereocenters. The number of halogens is 1. The smallest absolute Gasteiger partial charge is 0.306 e. The van der Waals surface area contributed by atoms with Crippen LogP contribution in [0.1, 0.15) is 59.4 Å². The number of carbonyl (C=O) groups excluding carboxylic acids is 3. The number of aromatic hydroxyl groups is 1. The van der Waals surface area contributed by atoms with E-state index in [9.17, 15) is 24.3 Å². The molecule has 0 saturated heterocycles. The van der Waals surface area contributed by atoms with Gasteiger partial charge in [-0.2, -0.15) is 0 Å². The zero-order valence-electron chi connectivity index (χ0n) is 24.0. The fourth-order valence-electron chi connectivity index (χ4n) is 4.24. The van der Waals surface area contributed by atoms with E-state index in [2.05, 4.69) is 0 Å². The number of aliphatic carboxylic acids is 1. The minimum Gasteiger partial charge on any atom is -0.504 e. The lowest BCUT2D eigenvalue weighted by atomic mass is 10.00. The number of rotatable bonds is 15. The van der Waals surface area contributed by atoms with Crippen LogP contribution in [0.15, 0.2) is 30.3 Å². The molecule has 2 aromatic carbocycles. The second-order valence-corrected chi connectivity index (χ2v) is 12.8. The van der Waals surface area contributed by atoms with Crippen LogP contribution < -0.4 is 14.2 Å². The normalized spacial score (nSPS) is 12.7. The molecule has 0 saturated carbocycles. The van der Waals surface area contributed by atoms with Gasteiger partial charge in [-0.1, -0.05) is 25.4 Å². The van der Waals surface area contributed by atoms with Gasteiger partial charge >= 0.3 is 5.97 Å². The monoisotopic (exact) mass is 646 g/mol. The van der Waals surface area contributed by atoms with Crippen LogP contribution in [0, 0.1) is 11.8 Å². The first kappa shape index (κ1) is 32.2. The van der Waals surface area contributed by atoms with Gasteiger partial charge in [-0.05, 0) is 30.5 Å². The summed E-state index contributed by atoms with van der Waals surface area (Å²) < 4.78 is 18.6. The molecule has 9 nitrogen and oxygen atoms in total. The van der Waals surface area contributed by atoms with E-state index in [1.54, 1.807) is 31.2 Å². The third-order valence-corrected chi connectivity index (χ3v) is 9.58. The number of thiophene rings is 2. The maximum atomic E-state index is 12.6. The number of carboxylic acids is 1. The number of Topliss-reactive ketones (excluding diaryl/α,β-unsaturated/α-hetero) is 3. The van der Waals surface area contributed by atoms with E-state index in [0.717, 1.165) is 10.1 Å². The summed E-state index contributed by atoms with van der Waals surface area (Å²) in [5.74, 6) is -1.70. The number of fused-ring (bicyclic) bond motifs is 2. The van der Waals surface area contributed by atoms with Crippen LogP contribution in [0.3, 0.4) is 0 Å². The van der Waals surface area contributed by atoms with Gasteiger partial charge in [0, 0.05) is 52.1 Å². The quantitative estimate of drug-likeness (QED) is 0.0998. The minimum atomic E-state index is -1.02. The first-order valence-electron chi connectivity index (χ1n) is 13.5. The molecule has 0 fully saturated rings. The molecule has 0 aliphatic carbocycles. The van der Waals surface area contributed by atoms with Crippen molar-refractivity contribution in [3.8, 4) is 23.0 Å². The highest BCUT2D eigenvalue weighted by Gasteiger charge is 2.22. The molecule has 2 aromatic heterocycles. The molecule has 0 amide bonds. The topological polar surface area (TPSA) is 136 Å². The predicted molar refractivity (Wildman–Crippen MR) is 167 cm³/mol. The summed E-state index contributed by atoms with van der Waals surface area (Å²) in [6.45, 7) is 5.10. The number of carboxylic acid groups (broad SMARTS) is 1. The van der Waals surface area contributed by atoms with Gasteiger partial charge in [0.05, 0.1) is 41.0 Å². The molecule has 4 aromatic rings. The molecule has 2 N–H and O–H groups in total. The average Bonchev–Trinajstić information content (AvgIpc) is 3.58. The van der Waals surface area contributed by atoms with Gasteiger partial charge in [0.25, 0.3) is 0 Å². The second kappa shape index (κ2) is 13.7. The molecule has 0 bridgehead atoms. The Hall–Kier alpha value is -3.67. The van der Waals surface area contributed by atoms with Crippen molar-refractivity contribution in [2.45, 2.75) is 40.0 Å². The Kier molecular flexibility index (Phi) is 10.3. The average molecular weight is 647 g/mol. The van der Waals surface area contributed by atoms with E-state index < -0.39 is 11.9 Å². The number of phenols is 1. The second-order valence-electron chi connectivity index (χ2n) is 10.3. The minimum absolute atomic E-state index is 0.0551. The number of ketones is 3. The van der Waals surface area contributed by atoms with Crippen molar-refractivity contribution in [2.24, 2.45) is 11.8 Å². The van der Waals surface area contributed by atoms with E-state index in [0.29, 0.717) is 37.8 Å². The Morgan fingerprint density at radius 3 is 2.14 bits per heavy atom. The van der Waals surface area contributed by atoms with Crippen molar-refractivity contribution in [3.63, 3.8) is 0 Å². The van der Waals surface area contributed by atoms with E-state index in [1.165, 1.54) is 49.7 Å². The summed E-state index contributed by atoms with van der Waals surface area (Å²) in [5.41, 5.74) is 0. The molecule has 228 valence electrons. The number of hydrogen-bond acceptors (Lipinski definition) is 10. The SMILES string of the molecule is COc1cc2sc(C(=O)C[C@H](C)C(=O)O)cc2cc1OCCCOc1c(O)cc2sc(C(=O)C[C@H](C)C(C)=O)cc2c1Cl. The Bertz CT molecular complexity index is 1700. The van der Waals surface area contributed by atoms with E-state index >= 15 is 0 Å². The predicted octanol–water partition coefficient (Wildman–Crippen LogP) is 7.42. The zero-order valence-corrected chi connectivity index (χ0v) is 26.4. The zero-order chi connectivity index (χ0) is 31.4. The van der Waals surface area contributed by atoms with Crippen molar-refractivity contribution in [2.75, 3.05) is 20.3 Å². The number of phenolic OH excluding ortho intramolecular Hbond substituents is 1. The van der Waals surface area contributed by atoms with Crippen LogP contribution in [0.5, 0.6) is 23.0 Å². The van der Waals surface area contributed by atoms with Gasteiger partial charge in [-0.25, -0.2) is 0 Å². The van der Waals surface area contributed by atoms with Gasteiger partial charge in [0.2, 0.25) is 0 Å². The van der Waals surface area contributed by atoms with Crippen LogP contribution in [0.25, 0.3) is 20.2 Å². The Morgan fingerprint density at radius 2 is 1.49 bits per heavy atom. The fraction of sp³-hybridized carbons (Fsp3) is 0.355. The summed E-state index contributed by atoms with van der Waals surface area (Å²) in [6.07, 6.45) is 0.456. The van der Waals surface area contributed by atoms with Crippen LogP contribution in [-0.2, 0) is 9.59 Å². The van der Waals surface area contributed by atoms with Crippen molar-refractivity contribution in [1.29, 1.82) is 0 Å². The van der Waals surface area contributed by atoms with Gasteiger partial charge < -0.3 is 24.4 Å². The van der Waals surface area contributed by atoms with Crippen molar-refractivity contribution in [3.05, 3.63) is 45.1 Å². The van der Waals surface area contributed by atoms with Gasteiger partial charge in [0.15, 0.2) is 34.6 Å². The summed E-state index contributed by atoms with van der Waals surface area (Å²) in [4.78, 5) is 48.8. The molecule has 0 aliphatic heterocycles. The molecule has 43 heavy (non-hydrogen) atoms. The van der Waals surface area contributed by atoms with Gasteiger partial charge in [0.1, 0.15) is 5.78 Å². The lowest BCUT2D eigenvalue weighted by molar-refractivity contribution is -0.141. The highest BCUT2D eigenvalue weighted by Crippen LogP contribution is 2.44. The summed E-state index contributed by atoms with van der Waals surface area (Å²) >= 11 is 9.02. The summed E-state index contributed by atoms with van der Waals surface area (Å²) in [6, 6.07) is 8.43. The highest BCUT2D eigenvalue weighted by atomic mass is 35.5.